The number of anilines is 2. The molecule has 0 unspecified atom stereocenters. The molecule has 1 aromatic heterocycles. The Morgan fingerprint density at radius 3 is 2.65 bits per heavy atom. The predicted molar refractivity (Wildman–Crippen MR) is 67.6 cm³/mol. The van der Waals surface area contributed by atoms with Crippen molar-refractivity contribution in [3.63, 3.8) is 0 Å². The van der Waals surface area contributed by atoms with Crippen LogP contribution >= 0.6 is 0 Å². The molecule has 5 nitrogen and oxygen atoms in total. The molecule has 1 heterocycles. The molecule has 1 aliphatic carbocycles. The maximum absolute atomic E-state index is 12.8. The number of nitrogens with two attached hydrogens (primary N) is 1. The van der Waals surface area contributed by atoms with E-state index in [0.717, 1.165) is 25.0 Å². The van der Waals surface area contributed by atoms with Crippen molar-refractivity contribution < 1.29 is 13.2 Å². The number of nitrogens with zero attached hydrogens (tertiary/aromatic N) is 3. The highest BCUT2D eigenvalue weighted by Crippen LogP contribution is 2.36. The Balaban J connectivity index is 2.35. The molecular weight excluding hydrogens is 271 g/mol. The smallest absolute Gasteiger partial charge is 0.353 e. The Morgan fingerprint density at radius 2 is 2.15 bits per heavy atom. The molecule has 0 amide bonds. The van der Waals surface area contributed by atoms with Crippen molar-refractivity contribution in [1.82, 2.24) is 4.98 Å². The number of nitrogen functional groups attached to an aromatic ring is 1. The Kier molecular flexibility index (Phi) is 3.99. The lowest BCUT2D eigenvalue weighted by Crippen LogP contribution is -2.28. The highest BCUT2D eigenvalue weighted by molar-refractivity contribution is 5.52. The average Bonchev–Trinajstić information content (AvgIpc) is 3.22. The van der Waals surface area contributed by atoms with E-state index in [0.29, 0.717) is 6.54 Å². The summed E-state index contributed by atoms with van der Waals surface area (Å²) in [5.41, 5.74) is 1.34. The average molecular weight is 285 g/mol. The first-order valence-corrected chi connectivity index (χ1v) is 6.15. The van der Waals surface area contributed by atoms with Gasteiger partial charge in [-0.15, -0.1) is 0 Å². The molecular formula is C12H14F3N5. The van der Waals surface area contributed by atoms with Crippen LogP contribution in [0, 0.1) is 11.3 Å². The summed E-state index contributed by atoms with van der Waals surface area (Å²) in [4.78, 5) is 5.80. The zero-order chi connectivity index (χ0) is 14.8. The molecule has 2 rings (SSSR count). The highest BCUT2D eigenvalue weighted by Gasteiger charge is 2.34. The normalized spacial score (nSPS) is 14.8. The van der Waals surface area contributed by atoms with Crippen molar-refractivity contribution in [3.05, 3.63) is 17.7 Å². The summed E-state index contributed by atoms with van der Waals surface area (Å²) in [6.07, 6.45) is -2.43. The van der Waals surface area contributed by atoms with E-state index in [9.17, 15) is 13.2 Å². The second-order valence-corrected chi connectivity index (χ2v) is 4.57. The minimum Gasteiger partial charge on any atom is -0.353 e. The number of nitriles is 1. The molecule has 1 saturated carbocycles. The van der Waals surface area contributed by atoms with Gasteiger partial charge in [-0.2, -0.15) is 18.4 Å². The molecule has 20 heavy (non-hydrogen) atoms. The third-order valence-electron chi connectivity index (χ3n) is 3.03. The van der Waals surface area contributed by atoms with Crippen LogP contribution in [0.3, 0.4) is 0 Å². The van der Waals surface area contributed by atoms with Gasteiger partial charge in [0.15, 0.2) is 0 Å². The van der Waals surface area contributed by atoms with Gasteiger partial charge in [0.1, 0.15) is 11.6 Å². The number of hydrazine groups is 1. The number of nitrogens with one attached hydrogen (secondary N) is 1. The number of hydrogen-bond donors (Lipinski definition) is 2. The lowest BCUT2D eigenvalue weighted by Gasteiger charge is -2.24. The van der Waals surface area contributed by atoms with Gasteiger partial charge in [0.2, 0.25) is 0 Å². The van der Waals surface area contributed by atoms with E-state index in [1.165, 1.54) is 0 Å². The van der Waals surface area contributed by atoms with Crippen LogP contribution in [-0.2, 0) is 6.18 Å². The lowest BCUT2D eigenvalue weighted by molar-refractivity contribution is -0.137. The van der Waals surface area contributed by atoms with Gasteiger partial charge in [0, 0.05) is 12.6 Å². The molecule has 8 heteroatoms. The third kappa shape index (κ3) is 3.30. The third-order valence-corrected chi connectivity index (χ3v) is 3.03. The van der Waals surface area contributed by atoms with Crippen LogP contribution in [0.2, 0.25) is 0 Å². The fourth-order valence-corrected chi connectivity index (χ4v) is 1.94. The molecule has 3 N–H and O–H groups in total. The molecule has 1 aromatic rings. The van der Waals surface area contributed by atoms with Gasteiger partial charge in [-0.05, 0) is 25.0 Å². The van der Waals surface area contributed by atoms with E-state index >= 15 is 0 Å². The van der Waals surface area contributed by atoms with Crippen LogP contribution in [0.25, 0.3) is 0 Å². The van der Waals surface area contributed by atoms with Gasteiger partial charge in [-0.25, -0.2) is 10.8 Å². The Hall–Kier alpha value is -2.01. The van der Waals surface area contributed by atoms with Gasteiger partial charge < -0.3 is 10.3 Å². The molecule has 0 aromatic carbocycles. The minimum atomic E-state index is -4.46. The van der Waals surface area contributed by atoms with Crippen LogP contribution in [0.5, 0.6) is 0 Å². The number of alkyl halides is 3. The first kappa shape index (κ1) is 14.4. The molecule has 108 valence electrons. The van der Waals surface area contributed by atoms with Crippen molar-refractivity contribution in [2.75, 3.05) is 16.9 Å². The van der Waals surface area contributed by atoms with Crippen molar-refractivity contribution in [1.29, 1.82) is 5.26 Å². The summed E-state index contributed by atoms with van der Waals surface area (Å²) in [7, 11) is 0. The van der Waals surface area contributed by atoms with E-state index in [-0.39, 0.29) is 24.1 Å². The van der Waals surface area contributed by atoms with Crippen LogP contribution < -0.4 is 16.2 Å². The monoisotopic (exact) mass is 285 g/mol. The molecule has 1 fully saturated rings. The second-order valence-electron chi connectivity index (χ2n) is 4.57. The van der Waals surface area contributed by atoms with Gasteiger partial charge in [0.25, 0.3) is 0 Å². The van der Waals surface area contributed by atoms with E-state index in [1.807, 2.05) is 6.07 Å². The summed E-state index contributed by atoms with van der Waals surface area (Å²) < 4.78 is 38.5. The zero-order valence-electron chi connectivity index (χ0n) is 10.6. The van der Waals surface area contributed by atoms with Crippen molar-refractivity contribution in [2.45, 2.75) is 31.5 Å². The lowest BCUT2D eigenvalue weighted by atomic mass is 10.2. The zero-order valence-corrected chi connectivity index (χ0v) is 10.6. The summed E-state index contributed by atoms with van der Waals surface area (Å²) in [6.45, 7) is 0.361. The molecule has 0 spiro atoms. The Bertz CT molecular complexity index is 519. The van der Waals surface area contributed by atoms with Gasteiger partial charge in [0.05, 0.1) is 18.1 Å². The highest BCUT2D eigenvalue weighted by atomic mass is 19.4. The standard InChI is InChI=1S/C12H14F3N5/c13-12(14,15)8-6-10(19-17)18-11(7-8)20(5-1-4-16)9-2-3-9/h6-7,9H,1-3,5,17H2,(H,18,19). The minimum absolute atomic E-state index is 0.0440. The van der Waals surface area contributed by atoms with E-state index in [2.05, 4.69) is 10.4 Å². The van der Waals surface area contributed by atoms with E-state index in [1.54, 1.807) is 4.90 Å². The van der Waals surface area contributed by atoms with E-state index < -0.39 is 11.7 Å². The fourth-order valence-electron chi connectivity index (χ4n) is 1.94. The Morgan fingerprint density at radius 1 is 1.45 bits per heavy atom. The Labute approximate surface area is 114 Å². The molecule has 0 bridgehead atoms. The predicted octanol–water partition coefficient (Wildman–Crippen LogP) is 2.27. The number of pyridine rings is 1. The summed E-state index contributed by atoms with van der Waals surface area (Å²) >= 11 is 0. The SMILES string of the molecule is N#CCCN(c1cc(C(F)(F)F)cc(NN)n1)C1CC1. The topological polar surface area (TPSA) is 78.0 Å². The maximum atomic E-state index is 12.8. The van der Waals surface area contributed by atoms with Gasteiger partial charge >= 0.3 is 6.18 Å². The summed E-state index contributed by atoms with van der Waals surface area (Å²) in [6, 6.07) is 4.01. The quantitative estimate of drug-likeness (QED) is 0.641. The molecule has 0 radical (unpaired) electrons. The summed E-state index contributed by atoms with van der Waals surface area (Å²) in [5, 5.41) is 8.64. The first-order valence-electron chi connectivity index (χ1n) is 6.15. The molecule has 0 saturated heterocycles. The van der Waals surface area contributed by atoms with Crippen LogP contribution in [0.1, 0.15) is 24.8 Å². The van der Waals surface area contributed by atoms with Crippen LogP contribution in [0.15, 0.2) is 12.1 Å². The molecule has 1 aliphatic rings. The number of aromatic nitrogens is 1. The summed E-state index contributed by atoms with van der Waals surface area (Å²) in [5.74, 6) is 5.33. The van der Waals surface area contributed by atoms with Crippen LogP contribution in [0.4, 0.5) is 24.8 Å². The van der Waals surface area contributed by atoms with E-state index in [4.69, 9.17) is 11.1 Å². The second kappa shape index (κ2) is 5.54. The largest absolute Gasteiger partial charge is 0.416 e. The molecule has 0 atom stereocenters. The maximum Gasteiger partial charge on any atom is 0.416 e. The van der Waals surface area contributed by atoms with Crippen molar-refractivity contribution in [2.24, 2.45) is 5.84 Å². The number of hydrogen-bond acceptors (Lipinski definition) is 5. The van der Waals surface area contributed by atoms with Crippen molar-refractivity contribution in [3.8, 4) is 6.07 Å². The van der Waals surface area contributed by atoms with Crippen molar-refractivity contribution >= 4 is 11.6 Å². The first-order chi connectivity index (χ1) is 9.45. The van der Waals surface area contributed by atoms with Gasteiger partial charge in [-0.3, -0.25) is 0 Å². The van der Waals surface area contributed by atoms with Crippen LogP contribution in [-0.4, -0.2) is 17.6 Å². The number of halogens is 3. The molecule has 0 aliphatic heterocycles. The number of rotatable bonds is 5. The van der Waals surface area contributed by atoms with Gasteiger partial charge in [-0.1, -0.05) is 0 Å². The fraction of sp³-hybridized carbons (Fsp3) is 0.500.